The van der Waals surface area contributed by atoms with Gasteiger partial charge in [-0.15, -0.1) is 5.11 Å². The highest BCUT2D eigenvalue weighted by molar-refractivity contribution is 6.30. The van der Waals surface area contributed by atoms with Crippen molar-refractivity contribution in [3.8, 4) is 5.75 Å². The van der Waals surface area contributed by atoms with Gasteiger partial charge in [0.05, 0.1) is 16.8 Å². The van der Waals surface area contributed by atoms with Crippen molar-refractivity contribution < 1.29 is 9.90 Å². The lowest BCUT2D eigenvalue weighted by Gasteiger charge is -2.28. The number of carbonyl (C=O) groups excluding carboxylic acids is 1. The molecule has 0 saturated heterocycles. The molecule has 43 heavy (non-hydrogen) atoms. The molecule has 6 rings (SSSR count). The van der Waals surface area contributed by atoms with Crippen molar-refractivity contribution in [2.45, 2.75) is 38.6 Å². The number of fused-ring (bicyclic) bond motifs is 5. The van der Waals surface area contributed by atoms with Crippen LogP contribution in [0, 0.1) is 0 Å². The smallest absolute Gasteiger partial charge is 0.259 e. The normalized spacial score (nSPS) is 13.2. The van der Waals surface area contributed by atoms with Gasteiger partial charge in [0.2, 0.25) is 0 Å². The SMILES string of the molecule is CCCC(N)(CC)c1ccc(N=Nc2c(O)c(C(=O)Nc3ccc(Cl)cc3)cc3ccc4c5ccccc5[nH]c4c23)cc1. The predicted octanol–water partition coefficient (Wildman–Crippen LogP) is 9.87. The molecular formula is C35H32ClN5O2. The first kappa shape index (κ1) is 28.4. The first-order chi connectivity index (χ1) is 20.8. The van der Waals surface area contributed by atoms with Crippen LogP contribution in [0.5, 0.6) is 5.75 Å². The van der Waals surface area contributed by atoms with E-state index in [0.717, 1.165) is 52.0 Å². The fraction of sp³-hybridized carbons (Fsp3) is 0.171. The lowest BCUT2D eigenvalue weighted by Crippen LogP contribution is -2.35. The molecule has 1 atom stereocenters. The van der Waals surface area contributed by atoms with Crippen molar-refractivity contribution in [2.75, 3.05) is 5.32 Å². The third-order valence-corrected chi connectivity index (χ3v) is 8.36. The standard InChI is InChI=1S/C35H32ClN5O2/c1-3-19-35(37,4-2)22-10-14-25(15-11-22)40-41-32-30-21(9-18-27-26-7-5-6-8-29(26)39-31(27)30)20-28(33(32)42)34(43)38-24-16-12-23(36)13-17-24/h5-18,20,39,42H,3-4,19,37H2,1-2H3,(H,38,43). The molecule has 0 aliphatic rings. The van der Waals surface area contributed by atoms with Gasteiger partial charge < -0.3 is 21.1 Å². The van der Waals surface area contributed by atoms with Crippen LogP contribution in [0.4, 0.5) is 17.1 Å². The number of rotatable bonds is 8. The molecule has 216 valence electrons. The van der Waals surface area contributed by atoms with Gasteiger partial charge in [-0.3, -0.25) is 4.79 Å². The molecular weight excluding hydrogens is 558 g/mol. The van der Waals surface area contributed by atoms with Crippen LogP contribution >= 0.6 is 11.6 Å². The van der Waals surface area contributed by atoms with Crippen LogP contribution in [-0.4, -0.2) is 16.0 Å². The molecule has 5 N–H and O–H groups in total. The molecule has 0 saturated carbocycles. The number of phenolic OH excluding ortho intramolecular Hbond substituents is 1. The number of nitrogens with zero attached hydrogens (tertiary/aromatic N) is 2. The number of para-hydroxylation sites is 1. The molecule has 8 heteroatoms. The average molecular weight is 590 g/mol. The molecule has 0 aliphatic heterocycles. The fourth-order valence-electron chi connectivity index (χ4n) is 5.72. The van der Waals surface area contributed by atoms with Crippen LogP contribution in [0.15, 0.2) is 101 Å². The highest BCUT2D eigenvalue weighted by Crippen LogP contribution is 2.44. The number of azo groups is 1. The van der Waals surface area contributed by atoms with E-state index in [1.807, 2.05) is 60.7 Å². The molecule has 0 aliphatic carbocycles. The maximum Gasteiger partial charge on any atom is 0.259 e. The topological polar surface area (TPSA) is 116 Å². The van der Waals surface area contributed by atoms with E-state index in [9.17, 15) is 9.90 Å². The molecule has 1 heterocycles. The minimum Gasteiger partial charge on any atom is -0.505 e. The van der Waals surface area contributed by atoms with Gasteiger partial charge >= 0.3 is 0 Å². The predicted molar refractivity (Wildman–Crippen MR) is 176 cm³/mol. The van der Waals surface area contributed by atoms with Crippen molar-refractivity contribution in [3.63, 3.8) is 0 Å². The summed E-state index contributed by atoms with van der Waals surface area (Å²) in [5.74, 6) is -0.741. The number of amides is 1. The molecule has 0 bridgehead atoms. The zero-order valence-corrected chi connectivity index (χ0v) is 24.7. The number of carbonyl (C=O) groups is 1. The molecule has 1 aromatic heterocycles. The van der Waals surface area contributed by atoms with Gasteiger partial charge in [0.15, 0.2) is 5.75 Å². The number of hydrogen-bond acceptors (Lipinski definition) is 5. The molecule has 7 nitrogen and oxygen atoms in total. The van der Waals surface area contributed by atoms with Gasteiger partial charge in [-0.25, -0.2) is 0 Å². The Morgan fingerprint density at radius 1 is 0.953 bits per heavy atom. The summed E-state index contributed by atoms with van der Waals surface area (Å²) in [5.41, 5.74) is 10.5. The quantitative estimate of drug-likeness (QED) is 0.132. The Labute approximate surface area is 254 Å². The van der Waals surface area contributed by atoms with E-state index in [4.69, 9.17) is 17.3 Å². The number of H-pyrrole nitrogens is 1. The lowest BCUT2D eigenvalue weighted by atomic mass is 9.84. The molecule has 1 unspecified atom stereocenters. The number of aromatic hydroxyl groups is 1. The summed E-state index contributed by atoms with van der Waals surface area (Å²) in [6.07, 6.45) is 2.70. The summed E-state index contributed by atoms with van der Waals surface area (Å²) in [6, 6.07) is 28.1. The average Bonchev–Trinajstić information content (AvgIpc) is 3.40. The Morgan fingerprint density at radius 3 is 2.42 bits per heavy atom. The molecule has 0 spiro atoms. The van der Waals surface area contributed by atoms with E-state index >= 15 is 0 Å². The van der Waals surface area contributed by atoms with E-state index in [0.29, 0.717) is 21.8 Å². The summed E-state index contributed by atoms with van der Waals surface area (Å²) >= 11 is 6.01. The minimum atomic E-state index is -0.478. The summed E-state index contributed by atoms with van der Waals surface area (Å²) in [4.78, 5) is 16.9. The molecule has 5 aromatic carbocycles. The van der Waals surface area contributed by atoms with Gasteiger partial charge in [-0.1, -0.05) is 74.3 Å². The summed E-state index contributed by atoms with van der Waals surface area (Å²) in [7, 11) is 0. The lowest BCUT2D eigenvalue weighted by molar-refractivity contribution is 0.102. The summed E-state index contributed by atoms with van der Waals surface area (Å²) in [5, 5.41) is 27.5. The number of phenols is 1. The Morgan fingerprint density at radius 2 is 1.70 bits per heavy atom. The van der Waals surface area contributed by atoms with Crippen molar-refractivity contribution in [3.05, 3.63) is 107 Å². The van der Waals surface area contributed by atoms with E-state index < -0.39 is 11.4 Å². The molecule has 0 fully saturated rings. The van der Waals surface area contributed by atoms with Gasteiger partial charge in [0.1, 0.15) is 5.69 Å². The third-order valence-electron chi connectivity index (χ3n) is 8.11. The molecule has 6 aromatic rings. The van der Waals surface area contributed by atoms with Gasteiger partial charge in [-0.05, 0) is 72.3 Å². The van der Waals surface area contributed by atoms with Gasteiger partial charge in [-0.2, -0.15) is 5.11 Å². The van der Waals surface area contributed by atoms with Crippen LogP contribution in [0.3, 0.4) is 0 Å². The zero-order chi connectivity index (χ0) is 30.1. The number of anilines is 1. The number of aromatic nitrogens is 1. The Bertz CT molecular complexity index is 2000. The second kappa shape index (κ2) is 11.5. The first-order valence-electron chi connectivity index (χ1n) is 14.4. The first-order valence-corrected chi connectivity index (χ1v) is 14.8. The Hall–Kier alpha value is -4.72. The van der Waals surface area contributed by atoms with E-state index in [-0.39, 0.29) is 17.0 Å². The number of hydrogen-bond donors (Lipinski definition) is 4. The molecule has 0 radical (unpaired) electrons. The van der Waals surface area contributed by atoms with Crippen molar-refractivity contribution in [2.24, 2.45) is 16.0 Å². The fourth-order valence-corrected chi connectivity index (χ4v) is 5.85. The maximum atomic E-state index is 13.4. The Balaban J connectivity index is 1.48. The van der Waals surface area contributed by atoms with Crippen LogP contribution in [0.2, 0.25) is 5.02 Å². The van der Waals surface area contributed by atoms with E-state index in [2.05, 4.69) is 34.4 Å². The summed E-state index contributed by atoms with van der Waals surface area (Å²) < 4.78 is 0. The zero-order valence-electron chi connectivity index (χ0n) is 24.0. The van der Waals surface area contributed by atoms with Crippen LogP contribution in [0.25, 0.3) is 32.6 Å². The molecule has 1 amide bonds. The van der Waals surface area contributed by atoms with Crippen molar-refractivity contribution in [1.82, 2.24) is 4.98 Å². The highest BCUT2D eigenvalue weighted by Gasteiger charge is 2.24. The van der Waals surface area contributed by atoms with E-state index in [1.165, 1.54) is 0 Å². The van der Waals surface area contributed by atoms with Crippen LogP contribution in [-0.2, 0) is 5.54 Å². The van der Waals surface area contributed by atoms with Crippen molar-refractivity contribution >= 4 is 67.1 Å². The largest absolute Gasteiger partial charge is 0.505 e. The van der Waals surface area contributed by atoms with Crippen molar-refractivity contribution in [1.29, 1.82) is 0 Å². The minimum absolute atomic E-state index is 0.0811. The number of nitrogens with two attached hydrogens (primary N) is 1. The van der Waals surface area contributed by atoms with E-state index in [1.54, 1.807) is 30.3 Å². The third kappa shape index (κ3) is 5.33. The monoisotopic (exact) mass is 589 g/mol. The second-order valence-corrected chi connectivity index (χ2v) is 11.3. The second-order valence-electron chi connectivity index (χ2n) is 10.8. The number of halogens is 1. The van der Waals surface area contributed by atoms with Gasteiger partial charge in [0.25, 0.3) is 5.91 Å². The summed E-state index contributed by atoms with van der Waals surface area (Å²) in [6.45, 7) is 4.22. The number of benzene rings is 5. The van der Waals surface area contributed by atoms with Crippen LogP contribution in [0.1, 0.15) is 49.0 Å². The number of aromatic amines is 1. The maximum absolute atomic E-state index is 13.4. The Kier molecular flexibility index (Phi) is 7.61. The van der Waals surface area contributed by atoms with Crippen LogP contribution < -0.4 is 11.1 Å². The number of nitrogens with one attached hydrogen (secondary N) is 2. The van der Waals surface area contributed by atoms with Gasteiger partial charge in [0, 0.05) is 37.9 Å². The highest BCUT2D eigenvalue weighted by atomic mass is 35.5.